The van der Waals surface area contributed by atoms with Gasteiger partial charge in [0.25, 0.3) is 5.91 Å². The Bertz CT molecular complexity index is 1340. The number of nitrogens with zero attached hydrogens (tertiary/aromatic N) is 3. The van der Waals surface area contributed by atoms with Crippen LogP contribution in [0.2, 0.25) is 0 Å². The molecule has 1 heterocycles. The highest BCUT2D eigenvalue weighted by atomic mass is 16.2. The zero-order chi connectivity index (χ0) is 23.9. The lowest BCUT2D eigenvalue weighted by molar-refractivity contribution is 0.00338. The third-order valence-corrected chi connectivity index (χ3v) is 9.65. The second-order valence-electron chi connectivity index (χ2n) is 11.9. The number of rotatable bonds is 2. The van der Waals surface area contributed by atoms with Gasteiger partial charge in [-0.25, -0.2) is 0 Å². The van der Waals surface area contributed by atoms with E-state index in [2.05, 4.69) is 45.9 Å². The van der Waals surface area contributed by atoms with Gasteiger partial charge in [0.2, 0.25) is 0 Å². The van der Waals surface area contributed by atoms with E-state index in [9.17, 15) is 10.1 Å². The van der Waals surface area contributed by atoms with Crippen LogP contribution in [0.25, 0.3) is 11.3 Å². The van der Waals surface area contributed by atoms with Crippen LogP contribution in [-0.2, 0) is 6.42 Å². The molecule has 0 N–H and O–H groups in total. The fourth-order valence-electron chi connectivity index (χ4n) is 7.88. The molecule has 2 aromatic carbocycles. The van der Waals surface area contributed by atoms with Crippen molar-refractivity contribution in [1.29, 1.82) is 5.26 Å². The van der Waals surface area contributed by atoms with Gasteiger partial charge in [0.15, 0.2) is 0 Å². The second-order valence-corrected chi connectivity index (χ2v) is 11.9. The Balaban J connectivity index is 1.59. The minimum absolute atomic E-state index is 0.134. The van der Waals surface area contributed by atoms with E-state index in [-0.39, 0.29) is 22.2 Å². The van der Waals surface area contributed by atoms with Gasteiger partial charge in [0.1, 0.15) is 0 Å². The van der Waals surface area contributed by atoms with Crippen LogP contribution in [0.15, 0.2) is 54.6 Å². The Hall–Kier alpha value is -3.19. The lowest BCUT2D eigenvalue weighted by Gasteiger charge is -2.55. The maximum Gasteiger partial charge on any atom is 0.278 e. The summed E-state index contributed by atoms with van der Waals surface area (Å²) in [5, 5.41) is 14.3. The van der Waals surface area contributed by atoms with Crippen molar-refractivity contribution in [3.8, 4) is 17.3 Å². The largest absolute Gasteiger partial charge is 0.278 e. The highest BCUT2D eigenvalue weighted by Gasteiger charge is 2.69. The molecule has 3 aromatic rings. The molecule has 172 valence electrons. The minimum Gasteiger partial charge on any atom is -0.267 e. The van der Waals surface area contributed by atoms with Crippen LogP contribution < -0.4 is 0 Å². The standard InChI is InChI=1S/C30H31N3O/c1-28(2)17-23-24(26-29(3,4)22-14-15-30(26,28)16-22)32-33(25(23)20-8-6-5-7-9-20)27(34)21-12-10-19(18-31)11-13-21/h5-13,22,26H,14-17H2,1-4H3. The van der Waals surface area contributed by atoms with Crippen molar-refractivity contribution < 1.29 is 4.79 Å². The number of nitriles is 1. The van der Waals surface area contributed by atoms with Gasteiger partial charge in [-0.05, 0) is 72.1 Å². The molecule has 6 rings (SSSR count). The maximum atomic E-state index is 13.8. The number of carbonyl (C=O) groups excluding carboxylic acids is 1. The quantitative estimate of drug-likeness (QED) is 0.443. The molecule has 0 saturated heterocycles. The smallest absolute Gasteiger partial charge is 0.267 e. The van der Waals surface area contributed by atoms with Gasteiger partial charge >= 0.3 is 0 Å². The van der Waals surface area contributed by atoms with E-state index in [0.29, 0.717) is 23.0 Å². The van der Waals surface area contributed by atoms with Gasteiger partial charge in [-0.2, -0.15) is 15.0 Å². The van der Waals surface area contributed by atoms with E-state index in [4.69, 9.17) is 5.10 Å². The Kier molecular flexibility index (Phi) is 4.34. The van der Waals surface area contributed by atoms with Crippen LogP contribution in [0.1, 0.15) is 80.1 Å². The molecule has 0 aliphatic heterocycles. The molecule has 2 bridgehead atoms. The first-order chi connectivity index (χ1) is 16.2. The van der Waals surface area contributed by atoms with E-state index in [1.54, 1.807) is 28.9 Å². The van der Waals surface area contributed by atoms with Gasteiger partial charge < -0.3 is 0 Å². The maximum absolute atomic E-state index is 13.8. The molecule has 34 heavy (non-hydrogen) atoms. The van der Waals surface area contributed by atoms with E-state index in [0.717, 1.165) is 23.4 Å². The third-order valence-electron chi connectivity index (χ3n) is 9.65. The first-order valence-electron chi connectivity index (χ1n) is 12.4. The Morgan fingerprint density at radius 1 is 1.06 bits per heavy atom. The normalized spacial score (nSPS) is 27.6. The number of hydrogen-bond donors (Lipinski definition) is 0. The van der Waals surface area contributed by atoms with Gasteiger partial charge in [-0.1, -0.05) is 58.0 Å². The molecule has 3 aliphatic rings. The van der Waals surface area contributed by atoms with E-state index in [1.807, 2.05) is 18.2 Å². The molecule has 3 unspecified atom stereocenters. The number of hydrogen-bond acceptors (Lipinski definition) is 3. The summed E-state index contributed by atoms with van der Waals surface area (Å²) in [6.07, 6.45) is 4.77. The lowest BCUT2D eigenvalue weighted by Crippen LogP contribution is -2.48. The molecule has 2 fully saturated rings. The van der Waals surface area contributed by atoms with Crippen molar-refractivity contribution in [3.05, 3.63) is 77.0 Å². The molecular formula is C30H31N3O. The number of aromatic nitrogens is 2. The third kappa shape index (κ3) is 2.64. The van der Waals surface area contributed by atoms with E-state index < -0.39 is 0 Å². The average Bonchev–Trinajstić information content (AvgIpc) is 3.49. The monoisotopic (exact) mass is 449 g/mol. The van der Waals surface area contributed by atoms with Crippen LogP contribution in [0.5, 0.6) is 0 Å². The zero-order valence-corrected chi connectivity index (χ0v) is 20.4. The van der Waals surface area contributed by atoms with Gasteiger partial charge in [-0.3, -0.25) is 4.79 Å². The summed E-state index contributed by atoms with van der Waals surface area (Å²) in [5.74, 6) is 0.933. The Morgan fingerprint density at radius 2 is 1.76 bits per heavy atom. The molecule has 4 nitrogen and oxygen atoms in total. The van der Waals surface area contributed by atoms with Crippen LogP contribution in [-0.4, -0.2) is 15.7 Å². The number of carbonyl (C=O) groups is 1. The van der Waals surface area contributed by atoms with E-state index in [1.165, 1.54) is 24.8 Å². The van der Waals surface area contributed by atoms with E-state index >= 15 is 0 Å². The fraction of sp³-hybridized carbons (Fsp3) is 0.433. The van der Waals surface area contributed by atoms with Crippen molar-refractivity contribution in [3.63, 3.8) is 0 Å². The van der Waals surface area contributed by atoms with Crippen molar-refractivity contribution in [2.24, 2.45) is 22.2 Å². The van der Waals surface area contributed by atoms with Gasteiger partial charge in [-0.15, -0.1) is 0 Å². The van der Waals surface area contributed by atoms with Crippen molar-refractivity contribution in [1.82, 2.24) is 9.78 Å². The molecule has 0 radical (unpaired) electrons. The minimum atomic E-state index is -0.134. The molecule has 3 atom stereocenters. The first-order valence-corrected chi connectivity index (χ1v) is 12.4. The predicted octanol–water partition coefficient (Wildman–Crippen LogP) is 6.60. The summed E-state index contributed by atoms with van der Waals surface area (Å²) in [5.41, 5.74) is 6.01. The topological polar surface area (TPSA) is 58.7 Å². The van der Waals surface area contributed by atoms with Crippen LogP contribution >= 0.6 is 0 Å². The van der Waals surface area contributed by atoms with Crippen LogP contribution in [0.4, 0.5) is 0 Å². The zero-order valence-electron chi connectivity index (χ0n) is 20.4. The van der Waals surface area contributed by atoms with Crippen LogP contribution in [0, 0.1) is 33.5 Å². The first kappa shape index (κ1) is 21.4. The summed E-state index contributed by atoms with van der Waals surface area (Å²) >= 11 is 0. The van der Waals surface area contributed by atoms with Crippen molar-refractivity contribution >= 4 is 5.91 Å². The molecule has 2 saturated carbocycles. The molecule has 1 spiro atoms. The van der Waals surface area contributed by atoms with Gasteiger partial charge in [0, 0.05) is 22.6 Å². The molecule has 3 aliphatic carbocycles. The molecule has 4 heteroatoms. The van der Waals surface area contributed by atoms with Crippen LogP contribution in [0.3, 0.4) is 0 Å². The van der Waals surface area contributed by atoms with Crippen molar-refractivity contribution in [2.75, 3.05) is 0 Å². The fourth-order valence-corrected chi connectivity index (χ4v) is 7.88. The molecule has 0 amide bonds. The lowest BCUT2D eigenvalue weighted by atomic mass is 9.49. The summed E-state index contributed by atoms with van der Waals surface area (Å²) in [6, 6.07) is 19.3. The summed E-state index contributed by atoms with van der Waals surface area (Å²) < 4.78 is 1.67. The summed E-state index contributed by atoms with van der Waals surface area (Å²) in [4.78, 5) is 13.8. The number of benzene rings is 2. The second kappa shape index (κ2) is 6.92. The number of fused-ring (bicyclic) bond motifs is 3. The summed E-state index contributed by atoms with van der Waals surface area (Å²) in [7, 11) is 0. The predicted molar refractivity (Wildman–Crippen MR) is 132 cm³/mol. The Morgan fingerprint density at radius 3 is 2.44 bits per heavy atom. The molecular weight excluding hydrogens is 418 g/mol. The van der Waals surface area contributed by atoms with Gasteiger partial charge in [0.05, 0.1) is 23.0 Å². The average molecular weight is 450 g/mol. The SMILES string of the molecule is CC1(C)C2CCC3(C2)C1c1nn(C(=O)c2ccc(C#N)cc2)c(-c2ccccc2)c1CC3(C)C. The van der Waals surface area contributed by atoms with Crippen molar-refractivity contribution in [2.45, 2.75) is 59.3 Å². The molecule has 1 aromatic heterocycles. The summed E-state index contributed by atoms with van der Waals surface area (Å²) in [6.45, 7) is 9.75. The highest BCUT2D eigenvalue weighted by Crippen LogP contribution is 2.77. The Labute approximate surface area is 201 Å². The highest BCUT2D eigenvalue weighted by molar-refractivity contribution is 5.98.